The van der Waals surface area contributed by atoms with E-state index in [1.54, 1.807) is 0 Å². The van der Waals surface area contributed by atoms with Crippen molar-refractivity contribution in [1.29, 1.82) is 0 Å². The van der Waals surface area contributed by atoms with Crippen molar-refractivity contribution >= 4 is 12.0 Å². The summed E-state index contributed by atoms with van der Waals surface area (Å²) in [4.78, 5) is 25.6. The average molecular weight is 244 g/mol. The fourth-order valence-electron chi connectivity index (χ4n) is 2.36. The summed E-state index contributed by atoms with van der Waals surface area (Å²) in [6.07, 6.45) is -0.737. The number of β-amino-alcohol motifs (C(OH)–C–C–N with tert-alkyl or cyclic N) is 2. The number of carbonyl (C=O) groups excluding carboxylic acids is 1. The van der Waals surface area contributed by atoms with E-state index in [9.17, 15) is 19.8 Å². The van der Waals surface area contributed by atoms with Crippen LogP contribution in [-0.4, -0.2) is 75.0 Å². The number of likely N-dealkylation sites (tertiary alicyclic amines) is 2. The van der Waals surface area contributed by atoms with Crippen LogP contribution in [0.25, 0.3) is 0 Å². The fraction of sp³-hybridized carbons (Fsp3) is 0.800. The molecule has 0 aliphatic carbocycles. The molecule has 96 valence electrons. The van der Waals surface area contributed by atoms with Gasteiger partial charge in [-0.3, -0.25) is 0 Å². The molecule has 3 atom stereocenters. The first-order chi connectivity index (χ1) is 7.99. The Morgan fingerprint density at radius 3 is 2.35 bits per heavy atom. The Hall–Kier alpha value is -1.34. The highest BCUT2D eigenvalue weighted by Gasteiger charge is 2.41. The van der Waals surface area contributed by atoms with Gasteiger partial charge in [0.15, 0.2) is 0 Å². The zero-order valence-electron chi connectivity index (χ0n) is 9.32. The van der Waals surface area contributed by atoms with Crippen molar-refractivity contribution in [3.63, 3.8) is 0 Å². The van der Waals surface area contributed by atoms with E-state index >= 15 is 0 Å². The van der Waals surface area contributed by atoms with Gasteiger partial charge in [0.05, 0.1) is 12.2 Å². The van der Waals surface area contributed by atoms with Crippen LogP contribution in [-0.2, 0) is 4.79 Å². The number of aliphatic hydroxyl groups is 2. The molecule has 2 aliphatic heterocycles. The number of carboxylic acid groups (broad SMARTS) is 1. The van der Waals surface area contributed by atoms with Gasteiger partial charge in [-0.25, -0.2) is 9.59 Å². The Labute approximate surface area is 98.2 Å². The Bertz CT molecular complexity index is 335. The highest BCUT2D eigenvalue weighted by Crippen LogP contribution is 2.21. The number of aliphatic carboxylic acids is 1. The van der Waals surface area contributed by atoms with Gasteiger partial charge in [-0.15, -0.1) is 0 Å². The van der Waals surface area contributed by atoms with Crippen LogP contribution in [0.1, 0.15) is 12.8 Å². The van der Waals surface area contributed by atoms with E-state index in [-0.39, 0.29) is 19.5 Å². The lowest BCUT2D eigenvalue weighted by molar-refractivity contribution is -0.141. The van der Waals surface area contributed by atoms with Crippen LogP contribution in [0.2, 0.25) is 0 Å². The predicted octanol–water partition coefficient (Wildman–Crippen LogP) is -1.31. The van der Waals surface area contributed by atoms with Crippen LogP contribution < -0.4 is 0 Å². The molecule has 3 N–H and O–H groups in total. The van der Waals surface area contributed by atoms with E-state index < -0.39 is 30.3 Å². The number of carbonyl (C=O) groups is 2. The van der Waals surface area contributed by atoms with E-state index in [0.717, 1.165) is 0 Å². The maximum Gasteiger partial charge on any atom is 0.326 e. The summed E-state index contributed by atoms with van der Waals surface area (Å²) in [5, 5.41) is 27.7. The van der Waals surface area contributed by atoms with Crippen LogP contribution in [0.15, 0.2) is 0 Å². The Morgan fingerprint density at radius 1 is 1.12 bits per heavy atom. The summed E-state index contributed by atoms with van der Waals surface area (Å²) >= 11 is 0. The van der Waals surface area contributed by atoms with Crippen molar-refractivity contribution in [1.82, 2.24) is 9.80 Å². The third-order valence-corrected chi connectivity index (χ3v) is 3.24. The molecule has 0 aromatic carbocycles. The number of carboxylic acids is 1. The van der Waals surface area contributed by atoms with Crippen molar-refractivity contribution in [2.45, 2.75) is 31.1 Å². The second kappa shape index (κ2) is 4.50. The van der Waals surface area contributed by atoms with Gasteiger partial charge in [-0.05, 0) is 6.42 Å². The number of hydrogen-bond acceptors (Lipinski definition) is 4. The number of aliphatic hydroxyl groups excluding tert-OH is 2. The van der Waals surface area contributed by atoms with Gasteiger partial charge in [0.1, 0.15) is 6.04 Å². The van der Waals surface area contributed by atoms with Gasteiger partial charge in [-0.2, -0.15) is 0 Å². The van der Waals surface area contributed by atoms with E-state index in [1.807, 2.05) is 0 Å². The van der Waals surface area contributed by atoms with Crippen molar-refractivity contribution < 1.29 is 24.9 Å². The van der Waals surface area contributed by atoms with Crippen molar-refractivity contribution in [2.24, 2.45) is 0 Å². The lowest BCUT2D eigenvalue weighted by Crippen LogP contribution is -2.47. The smallest absolute Gasteiger partial charge is 0.326 e. The average Bonchev–Trinajstić information content (AvgIpc) is 2.83. The first-order valence-corrected chi connectivity index (χ1v) is 5.63. The minimum absolute atomic E-state index is 0.0440. The Balaban J connectivity index is 2.05. The summed E-state index contributed by atoms with van der Waals surface area (Å²) in [5.74, 6) is -1.10. The molecule has 0 saturated carbocycles. The molecule has 7 nitrogen and oxygen atoms in total. The number of hydrogen-bond donors (Lipinski definition) is 3. The SMILES string of the molecule is O=C(O)[C@H]1C[C@@H](O)CN1C(=O)N1CCC(O)C1. The van der Waals surface area contributed by atoms with Crippen molar-refractivity contribution in [3.8, 4) is 0 Å². The second-order valence-corrected chi connectivity index (χ2v) is 4.57. The monoisotopic (exact) mass is 244 g/mol. The first-order valence-electron chi connectivity index (χ1n) is 5.63. The van der Waals surface area contributed by atoms with Gasteiger partial charge in [-0.1, -0.05) is 0 Å². The highest BCUT2D eigenvalue weighted by atomic mass is 16.4. The van der Waals surface area contributed by atoms with Gasteiger partial charge < -0.3 is 25.1 Å². The molecule has 2 amide bonds. The topological polar surface area (TPSA) is 101 Å². The quantitative estimate of drug-likeness (QED) is 0.532. The maximum absolute atomic E-state index is 12.0. The molecule has 0 radical (unpaired) electrons. The molecular weight excluding hydrogens is 228 g/mol. The maximum atomic E-state index is 12.0. The number of urea groups is 1. The molecule has 2 fully saturated rings. The number of nitrogens with zero attached hydrogens (tertiary/aromatic N) is 2. The van der Waals surface area contributed by atoms with Crippen LogP contribution in [0.5, 0.6) is 0 Å². The molecule has 2 saturated heterocycles. The minimum atomic E-state index is -1.10. The molecule has 2 heterocycles. The van der Waals surface area contributed by atoms with Gasteiger partial charge in [0.2, 0.25) is 0 Å². The molecule has 1 unspecified atom stereocenters. The standard InChI is InChI=1S/C10H16N2O5/c13-6-1-2-11(4-6)10(17)12-5-7(14)3-8(12)9(15)16/h6-8,13-14H,1-5H2,(H,15,16)/t6?,7-,8-/m1/s1. The fourth-order valence-corrected chi connectivity index (χ4v) is 2.36. The van der Waals surface area contributed by atoms with Crippen LogP contribution >= 0.6 is 0 Å². The number of rotatable bonds is 1. The molecule has 0 spiro atoms. The Kier molecular flexibility index (Phi) is 3.21. The van der Waals surface area contributed by atoms with E-state index in [4.69, 9.17) is 5.11 Å². The largest absolute Gasteiger partial charge is 0.480 e. The molecule has 0 bridgehead atoms. The minimum Gasteiger partial charge on any atom is -0.480 e. The van der Waals surface area contributed by atoms with Crippen molar-refractivity contribution in [3.05, 3.63) is 0 Å². The molecule has 2 rings (SSSR count). The number of amides is 2. The molecular formula is C10H16N2O5. The van der Waals surface area contributed by atoms with Crippen LogP contribution in [0.4, 0.5) is 4.79 Å². The molecule has 0 aromatic heterocycles. The lowest BCUT2D eigenvalue weighted by Gasteiger charge is -2.26. The van der Waals surface area contributed by atoms with Crippen LogP contribution in [0, 0.1) is 0 Å². The van der Waals surface area contributed by atoms with Crippen LogP contribution in [0.3, 0.4) is 0 Å². The summed E-state index contributed by atoms with van der Waals surface area (Å²) < 4.78 is 0. The van der Waals surface area contributed by atoms with Gasteiger partial charge in [0, 0.05) is 26.1 Å². The molecule has 2 aliphatic rings. The molecule has 0 aromatic rings. The first kappa shape index (κ1) is 12.1. The summed E-state index contributed by atoms with van der Waals surface area (Å²) in [6, 6.07) is -1.37. The normalized spacial score (nSPS) is 33.2. The van der Waals surface area contributed by atoms with E-state index in [2.05, 4.69) is 0 Å². The van der Waals surface area contributed by atoms with Gasteiger partial charge >= 0.3 is 12.0 Å². The predicted molar refractivity (Wildman–Crippen MR) is 56.3 cm³/mol. The summed E-state index contributed by atoms with van der Waals surface area (Å²) in [7, 11) is 0. The second-order valence-electron chi connectivity index (χ2n) is 4.57. The zero-order valence-corrected chi connectivity index (χ0v) is 9.32. The van der Waals surface area contributed by atoms with E-state index in [0.29, 0.717) is 13.0 Å². The third kappa shape index (κ3) is 2.34. The van der Waals surface area contributed by atoms with E-state index in [1.165, 1.54) is 9.80 Å². The Morgan fingerprint density at radius 2 is 1.82 bits per heavy atom. The zero-order chi connectivity index (χ0) is 12.6. The highest BCUT2D eigenvalue weighted by molar-refractivity contribution is 5.83. The molecule has 17 heavy (non-hydrogen) atoms. The lowest BCUT2D eigenvalue weighted by atomic mass is 10.2. The third-order valence-electron chi connectivity index (χ3n) is 3.24. The summed E-state index contributed by atoms with van der Waals surface area (Å²) in [5.41, 5.74) is 0. The van der Waals surface area contributed by atoms with Crippen molar-refractivity contribution in [2.75, 3.05) is 19.6 Å². The summed E-state index contributed by atoms with van der Waals surface area (Å²) in [6.45, 7) is 0.707. The van der Waals surface area contributed by atoms with Gasteiger partial charge in [0.25, 0.3) is 0 Å². The molecule has 7 heteroatoms.